The smallest absolute Gasteiger partial charge is 0.234 e. The molecule has 1 heterocycles. The van der Waals surface area contributed by atoms with E-state index in [1.54, 1.807) is 7.11 Å². The fourth-order valence-corrected chi connectivity index (χ4v) is 4.30. The number of halogens is 2. The predicted octanol–water partition coefficient (Wildman–Crippen LogP) is 5.94. The van der Waals surface area contributed by atoms with Gasteiger partial charge in [0.1, 0.15) is 5.82 Å². The van der Waals surface area contributed by atoms with Crippen LogP contribution in [-0.4, -0.2) is 33.5 Å². The van der Waals surface area contributed by atoms with Crippen LogP contribution in [0.15, 0.2) is 78.0 Å². The number of ether oxygens (including phenoxy) is 2. The van der Waals surface area contributed by atoms with Gasteiger partial charge in [-0.2, -0.15) is 0 Å². The summed E-state index contributed by atoms with van der Waals surface area (Å²) in [5.41, 5.74) is 1.16. The largest absolute Gasteiger partial charge is 0.493 e. The van der Waals surface area contributed by atoms with E-state index in [9.17, 15) is 9.18 Å². The maximum Gasteiger partial charge on any atom is 0.234 e. The first-order chi connectivity index (χ1) is 17.0. The van der Waals surface area contributed by atoms with Crippen molar-refractivity contribution in [1.82, 2.24) is 14.8 Å². The van der Waals surface area contributed by atoms with E-state index in [1.165, 1.54) is 23.9 Å². The highest BCUT2D eigenvalue weighted by atomic mass is 35.5. The van der Waals surface area contributed by atoms with Crippen molar-refractivity contribution in [1.29, 1.82) is 0 Å². The first-order valence-corrected chi connectivity index (χ1v) is 12.0. The highest BCUT2D eigenvalue weighted by molar-refractivity contribution is 7.99. The summed E-state index contributed by atoms with van der Waals surface area (Å²) in [4.78, 5) is 12.5. The number of rotatable bonds is 9. The van der Waals surface area contributed by atoms with E-state index >= 15 is 0 Å². The number of hydrogen-bond acceptors (Lipinski definition) is 6. The third-order valence-corrected chi connectivity index (χ3v) is 6.19. The molecular formula is C25H22ClFN4O3S. The van der Waals surface area contributed by atoms with E-state index < -0.39 is 11.9 Å². The first-order valence-electron chi connectivity index (χ1n) is 10.6. The number of aromatic nitrogens is 3. The number of nitrogens with one attached hydrogen (secondary N) is 1. The monoisotopic (exact) mass is 512 g/mol. The Morgan fingerprint density at radius 1 is 1.09 bits per heavy atom. The van der Waals surface area contributed by atoms with E-state index in [0.717, 1.165) is 11.8 Å². The second kappa shape index (κ2) is 11.2. The SMILES string of the molecule is COc1ccccc1OC(C)c1nnc(SCC(=O)Nc2ccc(F)cc2Cl)n1-c1ccccc1. The number of thioether (sulfide) groups is 1. The van der Waals surface area contributed by atoms with Crippen LogP contribution in [0.4, 0.5) is 10.1 Å². The van der Waals surface area contributed by atoms with Crippen LogP contribution in [-0.2, 0) is 4.79 Å². The van der Waals surface area contributed by atoms with E-state index in [-0.39, 0.29) is 16.7 Å². The topological polar surface area (TPSA) is 78.3 Å². The van der Waals surface area contributed by atoms with Gasteiger partial charge in [0.25, 0.3) is 0 Å². The molecule has 1 amide bonds. The lowest BCUT2D eigenvalue weighted by Gasteiger charge is -2.18. The third kappa shape index (κ3) is 5.93. The average molecular weight is 513 g/mol. The zero-order valence-electron chi connectivity index (χ0n) is 18.9. The molecule has 0 aliphatic carbocycles. The maximum absolute atomic E-state index is 13.3. The van der Waals surface area contributed by atoms with Gasteiger partial charge in [0.05, 0.1) is 23.6 Å². The molecule has 1 unspecified atom stereocenters. The molecule has 4 rings (SSSR count). The van der Waals surface area contributed by atoms with Crippen molar-refractivity contribution in [2.24, 2.45) is 0 Å². The molecule has 0 fully saturated rings. The Kier molecular flexibility index (Phi) is 7.89. The summed E-state index contributed by atoms with van der Waals surface area (Å²) in [6.45, 7) is 1.87. The van der Waals surface area contributed by atoms with Crippen molar-refractivity contribution < 1.29 is 18.7 Å². The summed E-state index contributed by atoms with van der Waals surface area (Å²) >= 11 is 7.22. The van der Waals surface area contributed by atoms with Crippen molar-refractivity contribution in [2.45, 2.75) is 18.2 Å². The van der Waals surface area contributed by atoms with Gasteiger partial charge in [-0.15, -0.1) is 10.2 Å². The van der Waals surface area contributed by atoms with Gasteiger partial charge in [0.2, 0.25) is 5.91 Å². The quantitative estimate of drug-likeness (QED) is 0.280. The molecule has 1 atom stereocenters. The summed E-state index contributed by atoms with van der Waals surface area (Å²) < 4.78 is 26.6. The predicted molar refractivity (Wildman–Crippen MR) is 134 cm³/mol. The molecule has 35 heavy (non-hydrogen) atoms. The fraction of sp³-hybridized carbons (Fsp3) is 0.160. The molecule has 1 aromatic heterocycles. The van der Waals surface area contributed by atoms with Gasteiger partial charge in [-0.05, 0) is 49.4 Å². The summed E-state index contributed by atoms with van der Waals surface area (Å²) in [6.07, 6.45) is -0.472. The molecule has 3 aromatic carbocycles. The number of anilines is 1. The molecule has 0 spiro atoms. The molecular weight excluding hydrogens is 491 g/mol. The van der Waals surface area contributed by atoms with E-state index in [1.807, 2.05) is 66.1 Å². The van der Waals surface area contributed by atoms with Crippen LogP contribution in [0.1, 0.15) is 18.9 Å². The van der Waals surface area contributed by atoms with Gasteiger partial charge in [0, 0.05) is 5.69 Å². The van der Waals surface area contributed by atoms with Crippen LogP contribution in [0.25, 0.3) is 5.69 Å². The molecule has 10 heteroatoms. The van der Waals surface area contributed by atoms with Crippen LogP contribution >= 0.6 is 23.4 Å². The molecule has 0 saturated heterocycles. The van der Waals surface area contributed by atoms with Gasteiger partial charge in [-0.25, -0.2) is 4.39 Å². The molecule has 0 bridgehead atoms. The lowest BCUT2D eigenvalue weighted by molar-refractivity contribution is -0.113. The van der Waals surface area contributed by atoms with Gasteiger partial charge in [0.15, 0.2) is 28.6 Å². The summed E-state index contributed by atoms with van der Waals surface area (Å²) in [7, 11) is 1.58. The molecule has 0 radical (unpaired) electrons. The Balaban J connectivity index is 1.55. The Morgan fingerprint density at radius 2 is 1.80 bits per heavy atom. The minimum Gasteiger partial charge on any atom is -0.493 e. The highest BCUT2D eigenvalue weighted by Crippen LogP contribution is 2.32. The molecule has 1 N–H and O–H groups in total. The second-order valence-corrected chi connectivity index (χ2v) is 8.73. The van der Waals surface area contributed by atoms with Crippen molar-refractivity contribution in [3.8, 4) is 17.2 Å². The van der Waals surface area contributed by atoms with E-state index in [0.29, 0.717) is 28.2 Å². The Morgan fingerprint density at radius 3 is 2.51 bits per heavy atom. The molecule has 0 aliphatic rings. The average Bonchev–Trinajstić information content (AvgIpc) is 3.29. The lowest BCUT2D eigenvalue weighted by atomic mass is 10.3. The Labute approximate surface area is 211 Å². The zero-order chi connectivity index (χ0) is 24.8. The number of nitrogens with zero attached hydrogens (tertiary/aromatic N) is 3. The van der Waals surface area contributed by atoms with Crippen LogP contribution in [0.5, 0.6) is 11.5 Å². The molecule has 7 nitrogen and oxygen atoms in total. The summed E-state index contributed by atoms with van der Waals surface area (Å²) in [6, 6.07) is 20.7. The lowest BCUT2D eigenvalue weighted by Crippen LogP contribution is -2.15. The molecule has 180 valence electrons. The van der Waals surface area contributed by atoms with Crippen LogP contribution < -0.4 is 14.8 Å². The molecule has 0 aliphatic heterocycles. The molecule has 0 saturated carbocycles. The van der Waals surface area contributed by atoms with Crippen molar-refractivity contribution in [2.75, 3.05) is 18.2 Å². The minimum absolute atomic E-state index is 0.0421. The number of benzene rings is 3. The maximum atomic E-state index is 13.3. The number of para-hydroxylation sites is 3. The van der Waals surface area contributed by atoms with E-state index in [4.69, 9.17) is 21.1 Å². The Hall–Kier alpha value is -3.56. The van der Waals surface area contributed by atoms with Gasteiger partial charge >= 0.3 is 0 Å². The molecule has 4 aromatic rings. The number of hydrogen-bond donors (Lipinski definition) is 1. The van der Waals surface area contributed by atoms with Crippen LogP contribution in [0, 0.1) is 5.82 Å². The first kappa shape index (κ1) is 24.6. The number of amides is 1. The highest BCUT2D eigenvalue weighted by Gasteiger charge is 2.22. The summed E-state index contributed by atoms with van der Waals surface area (Å²) in [5, 5.41) is 12.0. The number of carbonyl (C=O) groups excluding carboxylic acids is 1. The number of carbonyl (C=O) groups is 1. The third-order valence-electron chi connectivity index (χ3n) is 4.95. The zero-order valence-corrected chi connectivity index (χ0v) is 20.5. The Bertz CT molecular complexity index is 1320. The number of methoxy groups -OCH3 is 1. The standard InChI is InChI=1S/C25H22ClFN4O3S/c1-16(34-22-11-7-6-10-21(22)33-2)24-29-30-25(31(24)18-8-4-3-5-9-18)35-15-23(32)28-20-13-12-17(27)14-19(20)26/h3-14,16H,15H2,1-2H3,(H,28,32). The van der Waals surface area contributed by atoms with Crippen molar-refractivity contribution in [3.63, 3.8) is 0 Å². The fourth-order valence-electron chi connectivity index (χ4n) is 3.32. The van der Waals surface area contributed by atoms with Gasteiger partial charge in [-0.3, -0.25) is 9.36 Å². The summed E-state index contributed by atoms with van der Waals surface area (Å²) in [5.74, 6) is 0.999. The van der Waals surface area contributed by atoms with Crippen molar-refractivity contribution in [3.05, 3.63) is 89.5 Å². The second-order valence-electron chi connectivity index (χ2n) is 7.38. The van der Waals surface area contributed by atoms with Crippen LogP contribution in [0.2, 0.25) is 5.02 Å². The van der Waals surface area contributed by atoms with Crippen LogP contribution in [0.3, 0.4) is 0 Å². The van der Waals surface area contributed by atoms with Crippen molar-refractivity contribution >= 4 is 35.0 Å². The van der Waals surface area contributed by atoms with Gasteiger partial charge < -0.3 is 14.8 Å². The van der Waals surface area contributed by atoms with Gasteiger partial charge in [-0.1, -0.05) is 53.7 Å². The van der Waals surface area contributed by atoms with E-state index in [2.05, 4.69) is 15.5 Å². The minimum atomic E-state index is -0.477. The normalized spacial score (nSPS) is 11.7.